The minimum Gasteiger partial charge on any atom is -0.0622 e. The van der Waals surface area contributed by atoms with Crippen LogP contribution in [-0.2, 0) is 0 Å². The highest BCUT2D eigenvalue weighted by Gasteiger charge is 2.24. The van der Waals surface area contributed by atoms with Crippen LogP contribution in [0.2, 0.25) is 0 Å². The van der Waals surface area contributed by atoms with Crippen molar-refractivity contribution >= 4 is 75.4 Å². The van der Waals surface area contributed by atoms with Crippen molar-refractivity contribution in [3.8, 4) is 89.0 Å². The number of aryl methyl sites for hydroxylation is 1. The van der Waals surface area contributed by atoms with Crippen molar-refractivity contribution in [1.82, 2.24) is 0 Å². The van der Waals surface area contributed by atoms with Gasteiger partial charge in [-0.15, -0.1) is 0 Å². The highest BCUT2D eigenvalue weighted by Crippen LogP contribution is 2.51. The third-order valence-corrected chi connectivity index (χ3v) is 17.5. The second-order valence-electron chi connectivity index (χ2n) is 22.2. The Morgan fingerprint density at radius 1 is 0.169 bits per heavy atom. The zero-order chi connectivity index (χ0) is 55.0. The summed E-state index contributed by atoms with van der Waals surface area (Å²) in [4.78, 5) is 0. The van der Waals surface area contributed by atoms with Gasteiger partial charge in [0.05, 0.1) is 0 Å². The Balaban J connectivity index is 0.000000141. The summed E-state index contributed by atoms with van der Waals surface area (Å²) < 4.78 is 0. The lowest BCUT2D eigenvalue weighted by atomic mass is 9.84. The predicted octanol–water partition coefficient (Wildman–Crippen LogP) is 23.4. The molecule has 0 aromatic heterocycles. The SMILES string of the molecule is Cc1ccc2c(-c3ccc(-c4ccc5c6c(cccc46)-c4ccccc4-5)cc3)c3ccccc3c(-c3ccc4ccccc4c3)c2c1.c1ccc(-c2ccc(-c3c4ccccc4c(-c4cccc5ccccc45)c4ccccc34)cc2)cc1. The first-order valence-corrected chi connectivity index (χ1v) is 28.9. The molecule has 0 saturated heterocycles. The molecule has 83 heavy (non-hydrogen) atoms. The third-order valence-electron chi connectivity index (χ3n) is 17.5. The molecule has 0 unspecified atom stereocenters. The molecule has 0 fully saturated rings. The molecule has 0 aliphatic heterocycles. The summed E-state index contributed by atoms with van der Waals surface area (Å²) in [6.07, 6.45) is 0. The van der Waals surface area contributed by atoms with Crippen LogP contribution in [0.5, 0.6) is 0 Å². The first-order chi connectivity index (χ1) is 41.1. The molecule has 0 radical (unpaired) electrons. The number of hydrogen-bond donors (Lipinski definition) is 0. The second kappa shape index (κ2) is 19.9. The lowest BCUT2D eigenvalue weighted by molar-refractivity contribution is 1.51. The highest BCUT2D eigenvalue weighted by atomic mass is 14.3. The van der Waals surface area contributed by atoms with Crippen LogP contribution in [0, 0.1) is 6.92 Å². The summed E-state index contributed by atoms with van der Waals surface area (Å²) in [5.74, 6) is 0. The smallest absolute Gasteiger partial charge is 0.00201 e. The molecule has 0 atom stereocenters. The minimum atomic E-state index is 1.24. The molecule has 1 aliphatic carbocycles. The van der Waals surface area contributed by atoms with Crippen molar-refractivity contribution in [1.29, 1.82) is 0 Å². The second-order valence-corrected chi connectivity index (χ2v) is 22.2. The van der Waals surface area contributed by atoms with Crippen LogP contribution in [0.4, 0.5) is 0 Å². The first-order valence-electron chi connectivity index (χ1n) is 28.9. The van der Waals surface area contributed by atoms with Crippen LogP contribution in [-0.4, -0.2) is 0 Å². The van der Waals surface area contributed by atoms with Gasteiger partial charge in [-0.25, -0.2) is 0 Å². The molecule has 16 aromatic carbocycles. The maximum Gasteiger partial charge on any atom is -0.00201 e. The number of hydrogen-bond acceptors (Lipinski definition) is 0. The van der Waals surface area contributed by atoms with Gasteiger partial charge in [-0.3, -0.25) is 0 Å². The average molecular weight is 1050 g/mol. The summed E-state index contributed by atoms with van der Waals surface area (Å²) in [7, 11) is 0. The lowest BCUT2D eigenvalue weighted by Gasteiger charge is -2.19. The molecule has 0 bridgehead atoms. The largest absolute Gasteiger partial charge is 0.0622 e. The first kappa shape index (κ1) is 48.3. The Labute approximate surface area is 483 Å². The quantitative estimate of drug-likeness (QED) is 0.146. The van der Waals surface area contributed by atoms with Gasteiger partial charge >= 0.3 is 0 Å². The monoisotopic (exact) mass is 1050 g/mol. The molecule has 0 spiro atoms. The van der Waals surface area contributed by atoms with Gasteiger partial charge in [-0.2, -0.15) is 0 Å². The van der Waals surface area contributed by atoms with E-state index in [1.807, 2.05) is 0 Å². The van der Waals surface area contributed by atoms with Crippen LogP contribution in [0.25, 0.3) is 164 Å². The van der Waals surface area contributed by atoms with Crippen molar-refractivity contribution in [2.45, 2.75) is 6.92 Å². The van der Waals surface area contributed by atoms with Crippen LogP contribution >= 0.6 is 0 Å². The van der Waals surface area contributed by atoms with Crippen molar-refractivity contribution in [2.24, 2.45) is 0 Å². The van der Waals surface area contributed by atoms with E-state index in [1.165, 1.54) is 170 Å². The van der Waals surface area contributed by atoms with Gasteiger partial charge in [0.1, 0.15) is 0 Å². The summed E-state index contributed by atoms with van der Waals surface area (Å²) >= 11 is 0. The van der Waals surface area contributed by atoms with E-state index < -0.39 is 0 Å². The van der Waals surface area contributed by atoms with E-state index in [1.54, 1.807) is 0 Å². The van der Waals surface area contributed by atoms with E-state index in [9.17, 15) is 0 Å². The Hall–Kier alpha value is -10.7. The molecule has 1 aliphatic rings. The maximum atomic E-state index is 2.37. The van der Waals surface area contributed by atoms with Gasteiger partial charge in [0.25, 0.3) is 0 Å². The van der Waals surface area contributed by atoms with E-state index in [-0.39, 0.29) is 0 Å². The summed E-state index contributed by atoms with van der Waals surface area (Å²) in [5.41, 5.74) is 21.8. The van der Waals surface area contributed by atoms with E-state index in [0.29, 0.717) is 0 Å². The van der Waals surface area contributed by atoms with Crippen molar-refractivity contribution < 1.29 is 0 Å². The molecule has 0 saturated carbocycles. The molecule has 0 heteroatoms. The molecule has 16 aromatic rings. The van der Waals surface area contributed by atoms with Gasteiger partial charge in [0, 0.05) is 0 Å². The average Bonchev–Trinajstić information content (AvgIpc) is 2.44. The van der Waals surface area contributed by atoms with Gasteiger partial charge in [0.15, 0.2) is 0 Å². The number of benzene rings is 16. The summed E-state index contributed by atoms with van der Waals surface area (Å²) in [6, 6.07) is 114. The fraction of sp³-hybridized carbons (Fsp3) is 0.0120. The number of rotatable bonds is 6. The van der Waals surface area contributed by atoms with Crippen LogP contribution < -0.4 is 0 Å². The molecular formula is C83H54. The van der Waals surface area contributed by atoms with Crippen molar-refractivity contribution in [3.63, 3.8) is 0 Å². The summed E-state index contributed by atoms with van der Waals surface area (Å²) in [6.45, 7) is 2.20. The maximum absolute atomic E-state index is 2.37. The Kier molecular flexibility index (Phi) is 11.5. The van der Waals surface area contributed by atoms with E-state index in [2.05, 4.69) is 316 Å². The van der Waals surface area contributed by atoms with Crippen LogP contribution in [0.3, 0.4) is 0 Å². The van der Waals surface area contributed by atoms with Crippen LogP contribution in [0.1, 0.15) is 5.56 Å². The summed E-state index contributed by atoms with van der Waals surface area (Å²) in [5, 5.41) is 18.1. The van der Waals surface area contributed by atoms with E-state index in [0.717, 1.165) is 0 Å². The zero-order valence-corrected chi connectivity index (χ0v) is 45.9. The molecule has 0 nitrogen and oxygen atoms in total. The highest BCUT2D eigenvalue weighted by molar-refractivity contribution is 6.25. The van der Waals surface area contributed by atoms with Gasteiger partial charge in [0.2, 0.25) is 0 Å². The standard InChI is InChI=1S/C47H30.C36H24/c1-29-17-24-43-44(27-29)46(34-23-18-30-9-2-3-10-33(30)28-34)41-14-7-6-13-40(41)45(43)32-21-19-31(20-22-32)35-25-26-42-37-12-5-4-11-36(37)39-16-8-15-38(35)47(39)42;1-2-11-25(12-3-1)26-21-23-28(24-22-26)35-31-16-6-8-18-33(31)36(34-19-9-7-17-32(34)35)30-20-10-14-27-13-4-5-15-29(27)30/h2-28H,1H3;1-24H. The molecular weight excluding hydrogens is 997 g/mol. The molecule has 0 N–H and O–H groups in total. The predicted molar refractivity (Wildman–Crippen MR) is 357 cm³/mol. The van der Waals surface area contributed by atoms with E-state index in [4.69, 9.17) is 0 Å². The topological polar surface area (TPSA) is 0 Å². The molecule has 17 rings (SSSR count). The number of fused-ring (bicyclic) bond motifs is 9. The molecule has 386 valence electrons. The zero-order valence-electron chi connectivity index (χ0n) is 45.9. The van der Waals surface area contributed by atoms with Crippen molar-refractivity contribution in [3.05, 3.63) is 315 Å². The fourth-order valence-electron chi connectivity index (χ4n) is 13.8. The fourth-order valence-corrected chi connectivity index (χ4v) is 13.8. The van der Waals surface area contributed by atoms with Gasteiger partial charge in [-0.1, -0.05) is 309 Å². The Bertz CT molecular complexity index is 5150. The lowest BCUT2D eigenvalue weighted by Crippen LogP contribution is -1.92. The third kappa shape index (κ3) is 8.06. The van der Waals surface area contributed by atoms with Gasteiger partial charge < -0.3 is 0 Å². The van der Waals surface area contributed by atoms with E-state index >= 15 is 0 Å². The van der Waals surface area contributed by atoms with Gasteiger partial charge in [-0.05, 0) is 177 Å². The Morgan fingerprint density at radius 3 is 1.20 bits per heavy atom. The molecule has 0 heterocycles. The van der Waals surface area contributed by atoms with Crippen LogP contribution in [0.15, 0.2) is 309 Å². The van der Waals surface area contributed by atoms with Crippen molar-refractivity contribution in [2.75, 3.05) is 0 Å². The normalized spacial score (nSPS) is 11.7. The Morgan fingerprint density at radius 2 is 0.566 bits per heavy atom. The minimum absolute atomic E-state index is 1.24. The molecule has 0 amide bonds.